The molecule has 1 fully saturated rings. The third-order valence-corrected chi connectivity index (χ3v) is 3.66. The Morgan fingerprint density at radius 3 is 2.90 bits per heavy atom. The molecule has 0 aliphatic carbocycles. The molecule has 0 bridgehead atoms. The minimum absolute atomic E-state index is 0.197. The van der Waals surface area contributed by atoms with Crippen LogP contribution in [0.25, 0.3) is 11.1 Å². The number of hydrogen-bond acceptors (Lipinski definition) is 4. The highest BCUT2D eigenvalue weighted by atomic mass is 16.5. The molecule has 1 aromatic carbocycles. The number of nitrogens with zero attached hydrogens (tertiary/aromatic N) is 2. The number of aromatic nitrogens is 2. The Hall–Kier alpha value is -2.01. The average Bonchev–Trinajstić information content (AvgIpc) is 2.97. The molecule has 106 valence electrons. The molecule has 3 rings (SSSR count). The van der Waals surface area contributed by atoms with E-state index in [2.05, 4.69) is 5.10 Å². The van der Waals surface area contributed by atoms with Crippen LogP contribution in [0.1, 0.15) is 18.9 Å². The SMILES string of the molecule is COc1cc(O)ccc1-c1cnn(C2CCOCC2)c1. The van der Waals surface area contributed by atoms with Crippen LogP contribution in [-0.2, 0) is 4.74 Å². The third-order valence-electron chi connectivity index (χ3n) is 3.66. The second-order valence-corrected chi connectivity index (χ2v) is 4.94. The van der Waals surface area contributed by atoms with E-state index in [-0.39, 0.29) is 5.75 Å². The van der Waals surface area contributed by atoms with Crippen molar-refractivity contribution in [2.75, 3.05) is 20.3 Å². The number of methoxy groups -OCH3 is 1. The molecule has 1 aliphatic heterocycles. The molecule has 2 heterocycles. The van der Waals surface area contributed by atoms with Crippen molar-refractivity contribution in [1.29, 1.82) is 0 Å². The van der Waals surface area contributed by atoms with Gasteiger partial charge >= 0.3 is 0 Å². The average molecular weight is 274 g/mol. The second kappa shape index (κ2) is 5.54. The van der Waals surface area contributed by atoms with Gasteiger partial charge in [-0.3, -0.25) is 4.68 Å². The van der Waals surface area contributed by atoms with Crippen LogP contribution >= 0.6 is 0 Å². The highest BCUT2D eigenvalue weighted by Crippen LogP contribution is 2.33. The number of ether oxygens (including phenoxy) is 2. The van der Waals surface area contributed by atoms with Gasteiger partial charge in [0.25, 0.3) is 0 Å². The summed E-state index contributed by atoms with van der Waals surface area (Å²) in [7, 11) is 1.60. The largest absolute Gasteiger partial charge is 0.508 e. The molecule has 5 heteroatoms. The predicted octanol–water partition coefficient (Wildman–Crippen LogP) is 2.62. The fourth-order valence-corrected chi connectivity index (χ4v) is 2.54. The van der Waals surface area contributed by atoms with Gasteiger partial charge in [-0.15, -0.1) is 0 Å². The van der Waals surface area contributed by atoms with Crippen LogP contribution in [0.5, 0.6) is 11.5 Å². The molecule has 1 N–H and O–H groups in total. The molecule has 20 heavy (non-hydrogen) atoms. The lowest BCUT2D eigenvalue weighted by Gasteiger charge is -2.22. The van der Waals surface area contributed by atoms with Crippen LogP contribution in [0.15, 0.2) is 30.6 Å². The van der Waals surface area contributed by atoms with Gasteiger partial charge in [0.05, 0.1) is 19.3 Å². The van der Waals surface area contributed by atoms with Crippen LogP contribution in [0, 0.1) is 0 Å². The van der Waals surface area contributed by atoms with Crippen molar-refractivity contribution in [3.8, 4) is 22.6 Å². The molecule has 2 aromatic rings. The molecule has 1 aromatic heterocycles. The van der Waals surface area contributed by atoms with Crippen molar-refractivity contribution >= 4 is 0 Å². The minimum Gasteiger partial charge on any atom is -0.508 e. The summed E-state index contributed by atoms with van der Waals surface area (Å²) in [5.74, 6) is 0.846. The van der Waals surface area contributed by atoms with Gasteiger partial charge in [-0.1, -0.05) is 0 Å². The molecular formula is C15H18N2O3. The summed E-state index contributed by atoms with van der Waals surface area (Å²) >= 11 is 0. The zero-order valence-corrected chi connectivity index (χ0v) is 11.5. The number of benzene rings is 1. The van der Waals surface area contributed by atoms with Crippen LogP contribution in [0.2, 0.25) is 0 Å². The standard InChI is InChI=1S/C15H18N2O3/c1-19-15-8-13(18)2-3-14(15)11-9-16-17(10-11)12-4-6-20-7-5-12/h2-3,8-10,12,18H,4-7H2,1H3. The van der Waals surface area contributed by atoms with E-state index in [9.17, 15) is 5.11 Å². The van der Waals surface area contributed by atoms with E-state index in [1.807, 2.05) is 23.1 Å². The lowest BCUT2D eigenvalue weighted by atomic mass is 10.1. The van der Waals surface area contributed by atoms with Crippen molar-refractivity contribution in [1.82, 2.24) is 9.78 Å². The van der Waals surface area contributed by atoms with Gasteiger partial charge in [-0.05, 0) is 25.0 Å². The number of rotatable bonds is 3. The number of aromatic hydroxyl groups is 1. The van der Waals surface area contributed by atoms with Crippen molar-refractivity contribution < 1.29 is 14.6 Å². The third kappa shape index (κ3) is 2.49. The van der Waals surface area contributed by atoms with Crippen LogP contribution in [0.4, 0.5) is 0 Å². The lowest BCUT2D eigenvalue weighted by molar-refractivity contribution is 0.0662. The molecule has 1 aliphatic rings. The topological polar surface area (TPSA) is 56.5 Å². The predicted molar refractivity (Wildman–Crippen MR) is 75.0 cm³/mol. The Balaban J connectivity index is 1.89. The van der Waals surface area contributed by atoms with Gasteiger partial charge < -0.3 is 14.6 Å². The normalized spacial score (nSPS) is 16.2. The van der Waals surface area contributed by atoms with Crippen molar-refractivity contribution in [2.24, 2.45) is 0 Å². The number of phenolic OH excluding ortho intramolecular Hbond substituents is 1. The zero-order valence-electron chi connectivity index (χ0n) is 11.5. The monoisotopic (exact) mass is 274 g/mol. The van der Waals surface area contributed by atoms with Gasteiger partial charge in [0.2, 0.25) is 0 Å². The summed E-state index contributed by atoms with van der Waals surface area (Å²) < 4.78 is 12.7. The quantitative estimate of drug-likeness (QED) is 0.934. The van der Waals surface area contributed by atoms with E-state index >= 15 is 0 Å². The lowest BCUT2D eigenvalue weighted by Crippen LogP contribution is -2.19. The van der Waals surface area contributed by atoms with E-state index in [1.165, 1.54) is 0 Å². The number of hydrogen-bond donors (Lipinski definition) is 1. The van der Waals surface area contributed by atoms with Crippen LogP contribution in [-0.4, -0.2) is 35.2 Å². The Kier molecular flexibility index (Phi) is 3.60. The highest BCUT2D eigenvalue weighted by molar-refractivity contribution is 5.70. The van der Waals surface area contributed by atoms with Gasteiger partial charge in [0.1, 0.15) is 11.5 Å². The second-order valence-electron chi connectivity index (χ2n) is 4.94. The molecule has 5 nitrogen and oxygen atoms in total. The van der Waals surface area contributed by atoms with Crippen LogP contribution in [0.3, 0.4) is 0 Å². The maximum Gasteiger partial charge on any atom is 0.130 e. The first-order chi connectivity index (χ1) is 9.78. The summed E-state index contributed by atoms with van der Waals surface area (Å²) in [6, 6.07) is 5.52. The van der Waals surface area contributed by atoms with E-state index < -0.39 is 0 Å². The van der Waals surface area contributed by atoms with Crippen molar-refractivity contribution in [3.05, 3.63) is 30.6 Å². The van der Waals surface area contributed by atoms with E-state index in [0.717, 1.165) is 37.2 Å². The Labute approximate surface area is 117 Å². The first kappa shape index (κ1) is 13.0. The summed E-state index contributed by atoms with van der Waals surface area (Å²) in [4.78, 5) is 0. The number of phenols is 1. The summed E-state index contributed by atoms with van der Waals surface area (Å²) in [6.45, 7) is 1.59. The fraction of sp³-hybridized carbons (Fsp3) is 0.400. The first-order valence-electron chi connectivity index (χ1n) is 6.77. The van der Waals surface area contributed by atoms with E-state index in [4.69, 9.17) is 9.47 Å². The maximum absolute atomic E-state index is 9.51. The van der Waals surface area contributed by atoms with Crippen LogP contribution < -0.4 is 4.74 Å². The minimum atomic E-state index is 0.197. The summed E-state index contributed by atoms with van der Waals surface area (Å²) in [5.41, 5.74) is 1.93. The molecular weight excluding hydrogens is 256 g/mol. The highest BCUT2D eigenvalue weighted by Gasteiger charge is 2.17. The Morgan fingerprint density at radius 1 is 1.35 bits per heavy atom. The van der Waals surface area contributed by atoms with E-state index in [0.29, 0.717) is 11.8 Å². The molecule has 0 spiro atoms. The zero-order chi connectivity index (χ0) is 13.9. The van der Waals surface area contributed by atoms with Gasteiger partial charge in [0, 0.05) is 36.6 Å². The fourth-order valence-electron chi connectivity index (χ4n) is 2.54. The molecule has 1 saturated heterocycles. The Bertz CT molecular complexity index is 589. The summed E-state index contributed by atoms with van der Waals surface area (Å²) in [6.07, 6.45) is 5.86. The van der Waals surface area contributed by atoms with Gasteiger partial charge in [-0.25, -0.2) is 0 Å². The molecule has 0 unspecified atom stereocenters. The van der Waals surface area contributed by atoms with Gasteiger partial charge in [-0.2, -0.15) is 5.10 Å². The van der Waals surface area contributed by atoms with Crippen molar-refractivity contribution in [3.63, 3.8) is 0 Å². The van der Waals surface area contributed by atoms with Gasteiger partial charge in [0.15, 0.2) is 0 Å². The van der Waals surface area contributed by atoms with E-state index in [1.54, 1.807) is 19.2 Å². The first-order valence-corrected chi connectivity index (χ1v) is 6.77. The molecule has 0 radical (unpaired) electrons. The van der Waals surface area contributed by atoms with Crippen molar-refractivity contribution in [2.45, 2.75) is 18.9 Å². The smallest absolute Gasteiger partial charge is 0.130 e. The molecule has 0 saturated carbocycles. The molecule has 0 amide bonds. The summed E-state index contributed by atoms with van der Waals surface area (Å²) in [5, 5.41) is 14.0. The molecule has 0 atom stereocenters. The maximum atomic E-state index is 9.51. The Morgan fingerprint density at radius 2 is 2.15 bits per heavy atom.